The lowest BCUT2D eigenvalue weighted by atomic mass is 10.1. The van der Waals surface area contributed by atoms with Gasteiger partial charge < -0.3 is 15.0 Å². The Morgan fingerprint density at radius 3 is 2.25 bits per heavy atom. The molecule has 0 radical (unpaired) electrons. The van der Waals surface area contributed by atoms with Crippen LogP contribution >= 0.6 is 0 Å². The monoisotopic (exact) mass is 418 g/mol. The lowest BCUT2D eigenvalue weighted by Crippen LogP contribution is -2.36. The molecule has 0 saturated heterocycles. The van der Waals surface area contributed by atoms with Gasteiger partial charge >= 0.3 is 6.36 Å². The van der Waals surface area contributed by atoms with E-state index in [9.17, 15) is 31.2 Å². The summed E-state index contributed by atoms with van der Waals surface area (Å²) < 4.78 is 64.7. The van der Waals surface area contributed by atoms with E-state index in [-0.39, 0.29) is 18.7 Å². The number of rotatable bonds is 7. The standard InChI is InChI=1S/C17H17F3N2O5S/c1-28(25,26)14(16(21)24)7-9-22-8-6-12(10-15(22)23)11-2-4-13(5-3-11)27-17(18,19)20/h2-6,8,10,14H,7,9H2,1H3,(H2,21,24). The van der Waals surface area contributed by atoms with Gasteiger partial charge in [0.2, 0.25) is 5.91 Å². The number of pyridine rings is 1. The highest BCUT2D eigenvalue weighted by Crippen LogP contribution is 2.26. The first-order chi connectivity index (χ1) is 12.9. The molecule has 2 rings (SSSR count). The maximum Gasteiger partial charge on any atom is 0.573 e. The minimum atomic E-state index is -4.79. The molecule has 1 amide bonds. The van der Waals surface area contributed by atoms with Gasteiger partial charge in [0.1, 0.15) is 11.0 Å². The first kappa shape index (κ1) is 21.5. The minimum Gasteiger partial charge on any atom is -0.406 e. The Morgan fingerprint density at radius 2 is 1.79 bits per heavy atom. The van der Waals surface area contributed by atoms with E-state index < -0.39 is 32.9 Å². The SMILES string of the molecule is CS(=O)(=O)C(CCn1ccc(-c2ccc(OC(F)(F)F)cc2)cc1=O)C(N)=O. The molecule has 0 fully saturated rings. The second-order valence-corrected chi connectivity index (χ2v) is 8.26. The fourth-order valence-corrected chi connectivity index (χ4v) is 3.50. The maximum absolute atomic E-state index is 12.2. The van der Waals surface area contributed by atoms with E-state index >= 15 is 0 Å². The average molecular weight is 418 g/mol. The van der Waals surface area contributed by atoms with E-state index in [2.05, 4.69) is 4.74 Å². The van der Waals surface area contributed by atoms with Gasteiger partial charge in [-0.1, -0.05) is 12.1 Å². The van der Waals surface area contributed by atoms with Gasteiger partial charge in [-0.25, -0.2) is 8.42 Å². The number of nitrogens with two attached hydrogens (primary N) is 1. The minimum absolute atomic E-state index is 0.0435. The highest BCUT2D eigenvalue weighted by molar-refractivity contribution is 7.92. The fourth-order valence-electron chi connectivity index (χ4n) is 2.54. The summed E-state index contributed by atoms with van der Waals surface area (Å²) in [7, 11) is -3.70. The zero-order valence-electron chi connectivity index (χ0n) is 14.6. The molecule has 0 saturated carbocycles. The van der Waals surface area contributed by atoms with Gasteiger partial charge in [0.05, 0.1) is 0 Å². The zero-order chi connectivity index (χ0) is 21.1. The predicted molar refractivity (Wildman–Crippen MR) is 95.3 cm³/mol. The summed E-state index contributed by atoms with van der Waals surface area (Å²) in [4.78, 5) is 23.5. The molecule has 28 heavy (non-hydrogen) atoms. The molecule has 1 atom stereocenters. The van der Waals surface area contributed by atoms with Crippen molar-refractivity contribution < 1.29 is 31.1 Å². The van der Waals surface area contributed by atoms with Crippen molar-refractivity contribution in [2.75, 3.05) is 6.26 Å². The number of primary amides is 1. The molecule has 0 spiro atoms. The lowest BCUT2D eigenvalue weighted by Gasteiger charge is -2.13. The van der Waals surface area contributed by atoms with Crippen molar-refractivity contribution in [3.63, 3.8) is 0 Å². The second kappa shape index (κ2) is 8.05. The van der Waals surface area contributed by atoms with Gasteiger partial charge in [-0.05, 0) is 35.7 Å². The summed E-state index contributed by atoms with van der Waals surface area (Å²) in [5.74, 6) is -1.38. The van der Waals surface area contributed by atoms with Gasteiger partial charge in [-0.2, -0.15) is 0 Å². The number of sulfone groups is 1. The van der Waals surface area contributed by atoms with Crippen LogP contribution in [0.2, 0.25) is 0 Å². The Morgan fingerprint density at radius 1 is 1.18 bits per heavy atom. The van der Waals surface area contributed by atoms with Crippen molar-refractivity contribution in [1.82, 2.24) is 4.57 Å². The van der Waals surface area contributed by atoms with Crippen LogP contribution in [-0.2, 0) is 21.2 Å². The number of amides is 1. The molecule has 1 aromatic heterocycles. The quantitative estimate of drug-likeness (QED) is 0.736. The topological polar surface area (TPSA) is 108 Å². The molecule has 2 N–H and O–H groups in total. The first-order valence-corrected chi connectivity index (χ1v) is 9.87. The van der Waals surface area contributed by atoms with E-state index in [1.54, 1.807) is 6.07 Å². The van der Waals surface area contributed by atoms with Crippen LogP contribution in [0, 0.1) is 0 Å². The Hall–Kier alpha value is -2.82. The number of hydrogen-bond acceptors (Lipinski definition) is 5. The third kappa shape index (κ3) is 5.84. The molecule has 0 aliphatic carbocycles. The van der Waals surface area contributed by atoms with Crippen molar-refractivity contribution in [2.24, 2.45) is 5.73 Å². The number of ether oxygens (including phenoxy) is 1. The number of carbonyl (C=O) groups excluding carboxylic acids is 1. The summed E-state index contributed by atoms with van der Waals surface area (Å²) in [6.07, 6.45) is -2.66. The fraction of sp³-hybridized carbons (Fsp3) is 0.294. The molecular formula is C17H17F3N2O5S. The van der Waals surface area contributed by atoms with Gasteiger partial charge in [-0.15, -0.1) is 13.2 Å². The Kier molecular flexibility index (Phi) is 6.17. The average Bonchev–Trinajstić information content (AvgIpc) is 2.54. The lowest BCUT2D eigenvalue weighted by molar-refractivity contribution is -0.274. The molecule has 11 heteroatoms. The largest absolute Gasteiger partial charge is 0.573 e. The van der Waals surface area contributed by atoms with Crippen molar-refractivity contribution in [1.29, 1.82) is 0 Å². The number of aromatic nitrogens is 1. The van der Waals surface area contributed by atoms with Crippen molar-refractivity contribution in [2.45, 2.75) is 24.6 Å². The number of alkyl halides is 3. The predicted octanol–water partition coefficient (Wildman–Crippen LogP) is 1.70. The van der Waals surface area contributed by atoms with Crippen molar-refractivity contribution >= 4 is 15.7 Å². The number of hydrogen-bond donors (Lipinski definition) is 1. The van der Waals surface area contributed by atoms with E-state index in [4.69, 9.17) is 5.73 Å². The normalized spacial score (nSPS) is 13.1. The molecule has 7 nitrogen and oxygen atoms in total. The first-order valence-electron chi connectivity index (χ1n) is 7.92. The second-order valence-electron chi connectivity index (χ2n) is 6.03. The van der Waals surface area contributed by atoms with E-state index in [0.29, 0.717) is 11.1 Å². The Bertz CT molecular complexity index is 1010. The number of benzene rings is 1. The zero-order valence-corrected chi connectivity index (χ0v) is 15.5. The summed E-state index contributed by atoms with van der Waals surface area (Å²) in [5.41, 5.74) is 5.57. The highest BCUT2D eigenvalue weighted by atomic mass is 32.2. The third-order valence-electron chi connectivity index (χ3n) is 3.88. The molecule has 0 aliphatic rings. The third-order valence-corrected chi connectivity index (χ3v) is 5.39. The summed E-state index contributed by atoms with van der Waals surface area (Å²) in [6.45, 7) is -0.0435. The van der Waals surface area contributed by atoms with Crippen LogP contribution in [0.3, 0.4) is 0 Å². The molecule has 0 bridgehead atoms. The van der Waals surface area contributed by atoms with Crippen LogP contribution in [0.5, 0.6) is 5.75 Å². The van der Waals surface area contributed by atoms with Crippen LogP contribution in [0.25, 0.3) is 11.1 Å². The van der Waals surface area contributed by atoms with Crippen LogP contribution in [0.1, 0.15) is 6.42 Å². The Labute approximate surface area is 158 Å². The number of nitrogens with zero attached hydrogens (tertiary/aromatic N) is 1. The summed E-state index contributed by atoms with van der Waals surface area (Å²) in [5, 5.41) is -1.40. The van der Waals surface area contributed by atoms with Gasteiger partial charge in [0.15, 0.2) is 9.84 Å². The summed E-state index contributed by atoms with van der Waals surface area (Å²) >= 11 is 0. The molecule has 0 aliphatic heterocycles. The molecule has 152 valence electrons. The van der Waals surface area contributed by atoms with Crippen LogP contribution in [0.4, 0.5) is 13.2 Å². The van der Waals surface area contributed by atoms with E-state index in [0.717, 1.165) is 18.4 Å². The van der Waals surface area contributed by atoms with Gasteiger partial charge in [0, 0.05) is 25.1 Å². The molecular weight excluding hydrogens is 401 g/mol. The highest BCUT2D eigenvalue weighted by Gasteiger charge is 2.31. The van der Waals surface area contributed by atoms with Gasteiger partial charge in [0.25, 0.3) is 5.56 Å². The molecule has 2 aromatic rings. The van der Waals surface area contributed by atoms with Crippen molar-refractivity contribution in [3.05, 3.63) is 52.9 Å². The van der Waals surface area contributed by atoms with E-state index in [1.807, 2.05) is 0 Å². The smallest absolute Gasteiger partial charge is 0.406 e. The van der Waals surface area contributed by atoms with E-state index in [1.165, 1.54) is 29.0 Å². The number of carbonyl (C=O) groups is 1. The van der Waals surface area contributed by atoms with Crippen LogP contribution < -0.4 is 16.0 Å². The Balaban J connectivity index is 2.16. The number of halogens is 3. The summed E-state index contributed by atoms with van der Waals surface area (Å²) in [6, 6.07) is 7.77. The maximum atomic E-state index is 12.2. The van der Waals surface area contributed by atoms with Crippen LogP contribution in [0.15, 0.2) is 47.4 Å². The van der Waals surface area contributed by atoms with Crippen molar-refractivity contribution in [3.8, 4) is 16.9 Å². The number of aryl methyl sites for hydroxylation is 1. The molecule has 1 heterocycles. The molecule has 1 aromatic carbocycles. The molecule has 1 unspecified atom stereocenters. The van der Waals surface area contributed by atoms with Gasteiger partial charge in [-0.3, -0.25) is 9.59 Å². The van der Waals surface area contributed by atoms with Crippen LogP contribution in [-0.4, -0.2) is 36.8 Å².